The van der Waals surface area contributed by atoms with Crippen LogP contribution >= 0.6 is 0 Å². The number of ether oxygens (including phenoxy) is 7. The lowest BCUT2D eigenvalue weighted by Gasteiger charge is -2.51. The molecule has 0 saturated carbocycles. The molecule has 45 heavy (non-hydrogen) atoms. The van der Waals surface area contributed by atoms with Gasteiger partial charge in [0.1, 0.15) is 6.10 Å². The second-order valence-corrected chi connectivity index (χ2v) is 14.9. The van der Waals surface area contributed by atoms with Gasteiger partial charge in [0.2, 0.25) is 0 Å². The predicted octanol–water partition coefficient (Wildman–Crippen LogP) is 5.92. The normalized spacial score (nSPS) is 52.9. The van der Waals surface area contributed by atoms with Crippen LogP contribution in [-0.2, 0) is 33.2 Å². The lowest BCUT2D eigenvalue weighted by Crippen LogP contribution is -2.60. The number of aliphatic hydroxyl groups excluding tert-OH is 2. The van der Waals surface area contributed by atoms with Gasteiger partial charge >= 0.3 is 0 Å². The van der Waals surface area contributed by atoms with Crippen molar-refractivity contribution in [3.8, 4) is 0 Å². The fourth-order valence-electron chi connectivity index (χ4n) is 8.23. The largest absolute Gasteiger partial charge is 0.390 e. The van der Waals surface area contributed by atoms with Crippen molar-refractivity contribution in [3.63, 3.8) is 0 Å². The summed E-state index contributed by atoms with van der Waals surface area (Å²) in [5, 5.41) is 22.3. The van der Waals surface area contributed by atoms with E-state index in [-0.39, 0.29) is 84.7 Å². The number of rotatable bonds is 10. The molecule has 20 atom stereocenters. The van der Waals surface area contributed by atoms with Gasteiger partial charge in [0.05, 0.1) is 54.9 Å². The molecule has 264 valence electrons. The molecule has 0 aliphatic carbocycles. The summed E-state index contributed by atoms with van der Waals surface area (Å²) in [4.78, 5) is 0. The second-order valence-electron chi connectivity index (χ2n) is 14.9. The van der Waals surface area contributed by atoms with E-state index in [2.05, 4.69) is 62.3 Å². The quantitative estimate of drug-likeness (QED) is 0.301. The molecule has 4 rings (SSSR count). The van der Waals surface area contributed by atoms with Gasteiger partial charge in [-0.25, -0.2) is 0 Å². The third-order valence-corrected chi connectivity index (χ3v) is 12.2. The molecule has 4 aliphatic rings. The number of hydrogen-bond donors (Lipinski definition) is 2. The average Bonchev–Trinajstić information content (AvgIpc) is 3.03. The first-order valence-electron chi connectivity index (χ1n) is 18.2. The molecule has 2 N–H and O–H groups in total. The molecule has 0 aromatic rings. The standard InChI is InChI=1S/C36H66O9/c1-13-25-18(6)17(5)20(8)34(40-25)44-33-23(11)30(38)36(42-28(33)16-4)45-31-19(7)21(9)35(41-27(31)15-3)43-32-22(10)29(37)24(12)39-26(32)14-2/h17-38H,13-16H2,1-12H3/t17?,18-,19+,20?,21?,22+,23?,24-,25?,26?,27?,28?,29?,30?,31-,32-,33-,34+,35-,36-/m0/s1. The Hall–Kier alpha value is -0.360. The highest BCUT2D eigenvalue weighted by molar-refractivity contribution is 4.94. The van der Waals surface area contributed by atoms with Crippen LogP contribution in [-0.4, -0.2) is 90.1 Å². The maximum absolute atomic E-state index is 11.6. The van der Waals surface area contributed by atoms with E-state index in [0.29, 0.717) is 11.8 Å². The van der Waals surface area contributed by atoms with Crippen LogP contribution < -0.4 is 0 Å². The van der Waals surface area contributed by atoms with Crippen molar-refractivity contribution in [2.45, 2.75) is 189 Å². The Bertz CT molecular complexity index is 898. The smallest absolute Gasteiger partial charge is 0.184 e. The minimum absolute atomic E-state index is 0.0102. The third kappa shape index (κ3) is 7.62. The molecule has 9 nitrogen and oxygen atoms in total. The maximum Gasteiger partial charge on any atom is 0.184 e. The van der Waals surface area contributed by atoms with Crippen LogP contribution in [0.5, 0.6) is 0 Å². The summed E-state index contributed by atoms with van der Waals surface area (Å²) in [5.74, 6) is 0.979. The molecule has 0 aromatic carbocycles. The molecule has 10 unspecified atom stereocenters. The van der Waals surface area contributed by atoms with Crippen molar-refractivity contribution in [2.24, 2.45) is 41.4 Å². The molecular formula is C36H66O9. The highest BCUT2D eigenvalue weighted by Gasteiger charge is 2.51. The first-order valence-corrected chi connectivity index (χ1v) is 18.2. The van der Waals surface area contributed by atoms with Crippen LogP contribution in [0.1, 0.15) is 109 Å². The predicted molar refractivity (Wildman–Crippen MR) is 172 cm³/mol. The zero-order valence-corrected chi connectivity index (χ0v) is 30.1. The summed E-state index contributed by atoms with van der Waals surface area (Å²) in [6.07, 6.45) is -1.34. The monoisotopic (exact) mass is 642 g/mol. The van der Waals surface area contributed by atoms with Crippen LogP contribution in [0, 0.1) is 41.4 Å². The van der Waals surface area contributed by atoms with Crippen molar-refractivity contribution in [3.05, 3.63) is 0 Å². The van der Waals surface area contributed by atoms with Crippen molar-refractivity contribution < 1.29 is 43.4 Å². The lowest BCUT2D eigenvalue weighted by atomic mass is 9.78. The minimum atomic E-state index is -0.863. The average molecular weight is 643 g/mol. The summed E-state index contributed by atoms with van der Waals surface area (Å²) in [6, 6.07) is 0. The Kier molecular flexibility index (Phi) is 13.2. The zero-order chi connectivity index (χ0) is 33.3. The second kappa shape index (κ2) is 15.9. The SMILES string of the molecule is CCC1O[C@H](O[C@@H]2C(CC)O[C@@H](O[C@@H]3C(CC)O[C@@H](O[C@@H]4C(CC)O[C@@H](C)C(O)[C@H]4C)C(C)[C@H]3C)C(O)C2C)C(C)C(C)[C@@H]1C. The van der Waals surface area contributed by atoms with Crippen molar-refractivity contribution in [1.29, 1.82) is 0 Å². The molecule has 9 heteroatoms. The van der Waals surface area contributed by atoms with Crippen LogP contribution in [0.3, 0.4) is 0 Å². The minimum Gasteiger partial charge on any atom is -0.390 e. The van der Waals surface area contributed by atoms with Gasteiger partial charge in [-0.15, -0.1) is 0 Å². The maximum atomic E-state index is 11.6. The van der Waals surface area contributed by atoms with Crippen LogP contribution in [0.15, 0.2) is 0 Å². The molecule has 0 radical (unpaired) electrons. The Morgan fingerprint density at radius 1 is 0.400 bits per heavy atom. The van der Waals surface area contributed by atoms with Crippen molar-refractivity contribution in [2.75, 3.05) is 0 Å². The fourth-order valence-corrected chi connectivity index (χ4v) is 8.23. The summed E-state index contributed by atoms with van der Waals surface area (Å²) in [6.45, 7) is 25.5. The highest BCUT2D eigenvalue weighted by atomic mass is 16.7. The summed E-state index contributed by atoms with van der Waals surface area (Å²) < 4.78 is 45.7. The van der Waals surface area contributed by atoms with E-state index in [9.17, 15) is 10.2 Å². The van der Waals surface area contributed by atoms with E-state index in [4.69, 9.17) is 33.2 Å². The van der Waals surface area contributed by atoms with Crippen molar-refractivity contribution >= 4 is 0 Å². The van der Waals surface area contributed by atoms with Crippen molar-refractivity contribution in [1.82, 2.24) is 0 Å². The topological polar surface area (TPSA) is 105 Å². The van der Waals surface area contributed by atoms with E-state index >= 15 is 0 Å². The van der Waals surface area contributed by atoms with Gasteiger partial charge in [-0.3, -0.25) is 0 Å². The van der Waals surface area contributed by atoms with Gasteiger partial charge in [0, 0.05) is 23.7 Å². The summed E-state index contributed by atoms with van der Waals surface area (Å²) in [7, 11) is 0. The first-order chi connectivity index (χ1) is 21.3. The van der Waals surface area contributed by atoms with E-state index in [1.54, 1.807) is 0 Å². The van der Waals surface area contributed by atoms with Gasteiger partial charge in [-0.2, -0.15) is 0 Å². The lowest BCUT2D eigenvalue weighted by molar-refractivity contribution is -0.362. The molecule has 4 aliphatic heterocycles. The van der Waals surface area contributed by atoms with E-state index < -0.39 is 24.8 Å². The molecular weight excluding hydrogens is 576 g/mol. The Morgan fingerprint density at radius 3 is 1.29 bits per heavy atom. The van der Waals surface area contributed by atoms with Gasteiger partial charge in [0.25, 0.3) is 0 Å². The zero-order valence-electron chi connectivity index (χ0n) is 30.1. The van der Waals surface area contributed by atoms with Crippen LogP contribution in [0.4, 0.5) is 0 Å². The molecule has 4 saturated heterocycles. The van der Waals surface area contributed by atoms with Gasteiger partial charge in [-0.05, 0) is 50.4 Å². The molecule has 0 bridgehead atoms. The molecule has 4 fully saturated rings. The molecule has 0 aromatic heterocycles. The Balaban J connectivity index is 1.43. The van der Waals surface area contributed by atoms with Crippen LogP contribution in [0.2, 0.25) is 0 Å². The van der Waals surface area contributed by atoms with Gasteiger partial charge in [0.15, 0.2) is 18.9 Å². The molecule has 0 spiro atoms. The Morgan fingerprint density at radius 2 is 0.778 bits per heavy atom. The summed E-state index contributed by atoms with van der Waals surface area (Å²) in [5.41, 5.74) is 0. The van der Waals surface area contributed by atoms with E-state index in [0.717, 1.165) is 25.7 Å². The summed E-state index contributed by atoms with van der Waals surface area (Å²) >= 11 is 0. The Labute approximate surface area is 273 Å². The fraction of sp³-hybridized carbons (Fsp3) is 1.00. The van der Waals surface area contributed by atoms with Gasteiger partial charge < -0.3 is 43.4 Å². The van der Waals surface area contributed by atoms with E-state index in [1.807, 2.05) is 20.8 Å². The highest BCUT2D eigenvalue weighted by Crippen LogP contribution is 2.42. The molecule has 4 heterocycles. The van der Waals surface area contributed by atoms with Gasteiger partial charge in [-0.1, -0.05) is 76.2 Å². The molecule has 0 amide bonds. The number of aliphatic hydroxyl groups is 2. The van der Waals surface area contributed by atoms with E-state index in [1.165, 1.54) is 0 Å². The third-order valence-electron chi connectivity index (χ3n) is 12.2. The number of hydrogen-bond acceptors (Lipinski definition) is 9. The van der Waals surface area contributed by atoms with Crippen LogP contribution in [0.25, 0.3) is 0 Å². The first kappa shape index (κ1) is 37.5.